The van der Waals surface area contributed by atoms with Gasteiger partial charge in [-0.05, 0) is 95.3 Å². The molecular formula is C28H31F4N3O4. The van der Waals surface area contributed by atoms with Gasteiger partial charge in [0.25, 0.3) is 11.8 Å². The molecule has 2 heterocycles. The van der Waals surface area contributed by atoms with Crippen LogP contribution in [0.1, 0.15) is 67.9 Å². The molecule has 0 radical (unpaired) electrons. The normalized spacial score (nSPS) is 20.9. The molecule has 0 spiro atoms. The Hall–Kier alpha value is -3.63. The zero-order chi connectivity index (χ0) is 28.7. The van der Waals surface area contributed by atoms with Crippen LogP contribution in [-0.2, 0) is 15.5 Å². The Balaban J connectivity index is 1.49. The van der Waals surface area contributed by atoms with Crippen molar-refractivity contribution in [1.82, 2.24) is 10.2 Å². The summed E-state index contributed by atoms with van der Waals surface area (Å²) in [5.74, 6) is -8.40. The van der Waals surface area contributed by atoms with Crippen molar-refractivity contribution in [2.24, 2.45) is 0 Å². The molecule has 2 fully saturated rings. The molecule has 2 aliphatic rings. The third kappa shape index (κ3) is 6.17. The van der Waals surface area contributed by atoms with Gasteiger partial charge in [-0.25, -0.2) is 13.6 Å². The summed E-state index contributed by atoms with van der Waals surface area (Å²) in [4.78, 5) is 39.1. The zero-order valence-corrected chi connectivity index (χ0v) is 22.1. The second-order valence-electron chi connectivity index (χ2n) is 11.1. The van der Waals surface area contributed by atoms with E-state index in [1.165, 1.54) is 19.1 Å². The molecule has 7 nitrogen and oxygen atoms in total. The van der Waals surface area contributed by atoms with E-state index in [1.807, 2.05) is 0 Å². The Morgan fingerprint density at radius 1 is 0.949 bits per heavy atom. The highest BCUT2D eigenvalue weighted by molar-refractivity contribution is 6.04. The predicted molar refractivity (Wildman–Crippen MR) is 135 cm³/mol. The lowest BCUT2D eigenvalue weighted by molar-refractivity contribution is -0.164. The van der Waals surface area contributed by atoms with Crippen molar-refractivity contribution in [2.45, 2.75) is 83.0 Å². The molecule has 2 aromatic carbocycles. The average molecular weight is 550 g/mol. The van der Waals surface area contributed by atoms with E-state index in [0.29, 0.717) is 25.0 Å². The first kappa shape index (κ1) is 28.4. The largest absolute Gasteiger partial charge is 0.444 e. The van der Waals surface area contributed by atoms with Crippen LogP contribution < -0.4 is 10.6 Å². The van der Waals surface area contributed by atoms with Crippen LogP contribution in [0.4, 0.5) is 28.0 Å². The van der Waals surface area contributed by atoms with Gasteiger partial charge in [-0.2, -0.15) is 8.78 Å². The van der Waals surface area contributed by atoms with Gasteiger partial charge in [0.2, 0.25) is 0 Å². The summed E-state index contributed by atoms with van der Waals surface area (Å²) in [5, 5.41) is 5.21. The lowest BCUT2D eigenvalue weighted by Gasteiger charge is -2.40. The number of amides is 3. The van der Waals surface area contributed by atoms with Crippen LogP contribution in [0.15, 0.2) is 36.4 Å². The minimum atomic E-state index is -4.24. The Kier molecular flexibility index (Phi) is 7.64. The fourth-order valence-corrected chi connectivity index (χ4v) is 5.21. The van der Waals surface area contributed by atoms with E-state index < -0.39 is 58.7 Å². The lowest BCUT2D eigenvalue weighted by Crippen LogP contribution is -2.56. The number of ether oxygens (including phenoxy) is 1. The van der Waals surface area contributed by atoms with E-state index in [4.69, 9.17) is 4.74 Å². The van der Waals surface area contributed by atoms with Gasteiger partial charge in [0.05, 0.1) is 5.56 Å². The summed E-state index contributed by atoms with van der Waals surface area (Å²) in [6.45, 7) is 6.67. The van der Waals surface area contributed by atoms with Crippen molar-refractivity contribution < 1.29 is 36.7 Å². The van der Waals surface area contributed by atoms with Crippen molar-refractivity contribution in [3.8, 4) is 0 Å². The molecule has 4 rings (SSSR count). The maximum Gasteiger partial charge on any atom is 0.407 e. The SMILES string of the molecule is Cc1cc(NC(=O)c2ccc(F)c(C(F)(F)C(=O)N3[C@@H]4CC[C@H]3C[C@@H](NC(=O)OC(C)(C)C)C4)c2)ccc1F. The summed E-state index contributed by atoms with van der Waals surface area (Å²) in [6, 6.07) is 4.76. The minimum absolute atomic E-state index is 0.229. The standard InChI is InChI=1S/C28H31F4N3O4/c1-15-11-17(6-10-22(15)29)33-24(36)16-5-9-23(30)21(12-16)28(31,32)25(37)35-19-7-8-20(35)14-18(13-19)34-26(38)39-27(2,3)4/h5-6,9-12,18-20H,7-8,13-14H2,1-4H3,(H,33,36)(H,34,38)/t18-,19+,20-. The first-order chi connectivity index (χ1) is 18.2. The molecule has 3 amide bonds. The second kappa shape index (κ2) is 10.5. The summed E-state index contributed by atoms with van der Waals surface area (Å²) in [6.07, 6.45) is 0.853. The summed E-state index contributed by atoms with van der Waals surface area (Å²) in [7, 11) is 0. The highest BCUT2D eigenvalue weighted by Crippen LogP contribution is 2.41. The number of hydrogen-bond acceptors (Lipinski definition) is 4. The molecule has 0 aromatic heterocycles. The van der Waals surface area contributed by atoms with Gasteiger partial charge in [0, 0.05) is 29.4 Å². The van der Waals surface area contributed by atoms with E-state index in [1.54, 1.807) is 20.8 Å². The van der Waals surface area contributed by atoms with Crippen molar-refractivity contribution in [2.75, 3.05) is 5.32 Å². The number of hydrogen-bond donors (Lipinski definition) is 2. The molecule has 3 atom stereocenters. The Morgan fingerprint density at radius 2 is 1.56 bits per heavy atom. The second-order valence-corrected chi connectivity index (χ2v) is 11.1. The number of nitrogens with one attached hydrogen (secondary N) is 2. The first-order valence-corrected chi connectivity index (χ1v) is 12.7. The molecule has 0 unspecified atom stereocenters. The molecule has 39 heavy (non-hydrogen) atoms. The van der Waals surface area contributed by atoms with Gasteiger partial charge in [0.1, 0.15) is 17.2 Å². The minimum Gasteiger partial charge on any atom is -0.444 e. The first-order valence-electron chi connectivity index (χ1n) is 12.7. The van der Waals surface area contributed by atoms with Crippen molar-refractivity contribution in [1.29, 1.82) is 0 Å². The Bertz CT molecular complexity index is 1280. The summed E-state index contributed by atoms with van der Waals surface area (Å²) < 4.78 is 64.5. The average Bonchev–Trinajstić information content (AvgIpc) is 3.09. The molecule has 2 aliphatic heterocycles. The van der Waals surface area contributed by atoms with Gasteiger partial charge < -0.3 is 20.3 Å². The number of halogens is 4. The number of aryl methyl sites for hydroxylation is 1. The monoisotopic (exact) mass is 549 g/mol. The molecule has 0 aliphatic carbocycles. The van der Waals surface area contributed by atoms with Crippen LogP contribution in [0.3, 0.4) is 0 Å². The number of benzene rings is 2. The highest BCUT2D eigenvalue weighted by atomic mass is 19.3. The summed E-state index contributed by atoms with van der Waals surface area (Å²) in [5.41, 5.74) is -1.70. The van der Waals surface area contributed by atoms with Crippen LogP contribution in [-0.4, -0.2) is 46.5 Å². The molecule has 2 aromatic rings. The van der Waals surface area contributed by atoms with Crippen LogP contribution >= 0.6 is 0 Å². The molecule has 0 saturated carbocycles. The number of alkyl carbamates (subject to hydrolysis) is 1. The van der Waals surface area contributed by atoms with E-state index >= 15 is 8.78 Å². The number of nitrogens with zero attached hydrogens (tertiary/aromatic N) is 1. The highest BCUT2D eigenvalue weighted by Gasteiger charge is 2.53. The zero-order valence-electron chi connectivity index (χ0n) is 22.1. The number of piperidine rings is 1. The number of fused-ring (bicyclic) bond motifs is 2. The van der Waals surface area contributed by atoms with E-state index in [-0.39, 0.29) is 35.7 Å². The maximum atomic E-state index is 15.5. The topological polar surface area (TPSA) is 87.7 Å². The van der Waals surface area contributed by atoms with Crippen molar-refractivity contribution in [3.05, 3.63) is 64.7 Å². The third-order valence-electron chi connectivity index (χ3n) is 6.94. The number of alkyl halides is 2. The predicted octanol–water partition coefficient (Wildman–Crippen LogP) is 5.66. The Morgan fingerprint density at radius 3 is 2.15 bits per heavy atom. The van der Waals surface area contributed by atoms with Crippen LogP contribution in [0.2, 0.25) is 0 Å². The smallest absolute Gasteiger partial charge is 0.407 e. The fraction of sp³-hybridized carbons (Fsp3) is 0.464. The van der Waals surface area contributed by atoms with Crippen LogP contribution in [0, 0.1) is 18.6 Å². The number of carbonyl (C=O) groups excluding carboxylic acids is 3. The fourth-order valence-electron chi connectivity index (χ4n) is 5.21. The van der Waals surface area contributed by atoms with Gasteiger partial charge in [-0.3, -0.25) is 9.59 Å². The van der Waals surface area contributed by atoms with Crippen LogP contribution in [0.25, 0.3) is 0 Å². The van der Waals surface area contributed by atoms with Crippen molar-refractivity contribution >= 4 is 23.6 Å². The number of anilines is 1. The van der Waals surface area contributed by atoms with Crippen LogP contribution in [0.5, 0.6) is 0 Å². The number of carbonyl (C=O) groups is 3. The van der Waals surface area contributed by atoms with E-state index in [0.717, 1.165) is 17.0 Å². The quantitative estimate of drug-likeness (QED) is 0.471. The van der Waals surface area contributed by atoms with Gasteiger partial charge in [-0.1, -0.05) is 0 Å². The lowest BCUT2D eigenvalue weighted by atomic mass is 9.95. The summed E-state index contributed by atoms with van der Waals surface area (Å²) >= 11 is 0. The van der Waals surface area contributed by atoms with E-state index in [2.05, 4.69) is 10.6 Å². The van der Waals surface area contributed by atoms with Crippen molar-refractivity contribution in [3.63, 3.8) is 0 Å². The maximum absolute atomic E-state index is 15.5. The third-order valence-corrected chi connectivity index (χ3v) is 6.94. The number of rotatable bonds is 5. The molecule has 2 N–H and O–H groups in total. The molecule has 210 valence electrons. The van der Waals surface area contributed by atoms with Gasteiger partial charge >= 0.3 is 12.0 Å². The molecule has 2 saturated heterocycles. The van der Waals surface area contributed by atoms with Gasteiger partial charge in [-0.15, -0.1) is 0 Å². The molecule has 11 heteroatoms. The van der Waals surface area contributed by atoms with Gasteiger partial charge in [0.15, 0.2) is 0 Å². The van der Waals surface area contributed by atoms with E-state index in [9.17, 15) is 23.2 Å². The Labute approximate surface area is 223 Å². The molecule has 2 bridgehead atoms. The molecular weight excluding hydrogens is 518 g/mol.